The number of hydrogen-bond acceptors (Lipinski definition) is 4. The van der Waals surface area contributed by atoms with E-state index in [1.165, 1.54) is 18.2 Å². The van der Waals surface area contributed by atoms with Crippen LogP contribution in [0.15, 0.2) is 18.2 Å². The zero-order chi connectivity index (χ0) is 9.84. The van der Waals surface area contributed by atoms with Gasteiger partial charge in [-0.1, -0.05) is 0 Å². The molecule has 0 bridgehead atoms. The van der Waals surface area contributed by atoms with Crippen LogP contribution in [0.1, 0.15) is 11.1 Å². The zero-order valence-electron chi connectivity index (χ0n) is 6.73. The first kappa shape index (κ1) is 9.16. The van der Waals surface area contributed by atoms with Gasteiger partial charge in [-0.05, 0) is 12.1 Å². The van der Waals surface area contributed by atoms with Crippen LogP contribution in [0.4, 0.5) is 5.69 Å². The predicted octanol–water partition coefficient (Wildman–Crippen LogP) is 0.925. The first-order valence-electron chi connectivity index (χ1n) is 3.56. The number of benzene rings is 1. The Labute approximate surface area is 74.5 Å². The molecule has 0 amide bonds. The summed E-state index contributed by atoms with van der Waals surface area (Å²) in [6.45, 7) is 0.0992. The van der Waals surface area contributed by atoms with E-state index in [-0.39, 0.29) is 17.8 Å². The van der Waals surface area contributed by atoms with Crippen molar-refractivity contribution < 1.29 is 4.92 Å². The third kappa shape index (κ3) is 1.80. The molecule has 1 rings (SSSR count). The van der Waals surface area contributed by atoms with Gasteiger partial charge < -0.3 is 5.73 Å². The number of nitro benzene ring substituents is 1. The molecule has 0 spiro atoms. The lowest BCUT2D eigenvalue weighted by Gasteiger charge is -1.98. The average molecular weight is 177 g/mol. The van der Waals surface area contributed by atoms with Gasteiger partial charge in [0.1, 0.15) is 0 Å². The molecule has 2 N–H and O–H groups in total. The molecule has 66 valence electrons. The highest BCUT2D eigenvalue weighted by atomic mass is 16.6. The molecule has 0 unspecified atom stereocenters. The molecule has 0 aliphatic heterocycles. The number of rotatable bonds is 2. The van der Waals surface area contributed by atoms with Crippen LogP contribution in [0.3, 0.4) is 0 Å². The van der Waals surface area contributed by atoms with Gasteiger partial charge in [0.25, 0.3) is 5.69 Å². The second-order valence-electron chi connectivity index (χ2n) is 2.42. The maximum Gasteiger partial charge on any atom is 0.275 e. The van der Waals surface area contributed by atoms with Crippen LogP contribution in [-0.2, 0) is 6.54 Å². The fourth-order valence-corrected chi connectivity index (χ4v) is 0.976. The minimum absolute atomic E-state index is 0.0958. The SMILES string of the molecule is N#Cc1ccc(CN)c([N+](=O)[O-])c1. The summed E-state index contributed by atoms with van der Waals surface area (Å²) in [5.74, 6) is 0. The minimum atomic E-state index is -0.539. The molecule has 5 nitrogen and oxygen atoms in total. The maximum absolute atomic E-state index is 10.5. The van der Waals surface area contributed by atoms with E-state index in [2.05, 4.69) is 0 Å². The van der Waals surface area contributed by atoms with Crippen molar-refractivity contribution in [3.8, 4) is 6.07 Å². The molecule has 1 aromatic carbocycles. The molecule has 0 saturated heterocycles. The summed E-state index contributed by atoms with van der Waals surface area (Å²) < 4.78 is 0. The van der Waals surface area contributed by atoms with Crippen LogP contribution in [0.2, 0.25) is 0 Å². The summed E-state index contributed by atoms with van der Waals surface area (Å²) in [5.41, 5.74) is 5.90. The van der Waals surface area contributed by atoms with E-state index in [4.69, 9.17) is 11.0 Å². The third-order valence-corrected chi connectivity index (χ3v) is 1.63. The van der Waals surface area contributed by atoms with E-state index in [1.807, 2.05) is 6.07 Å². The summed E-state index contributed by atoms with van der Waals surface area (Å²) in [6, 6.07) is 6.06. The molecule has 5 heteroatoms. The quantitative estimate of drug-likeness (QED) is 0.537. The average Bonchev–Trinajstić information content (AvgIpc) is 2.16. The topological polar surface area (TPSA) is 93.0 Å². The molecule has 0 saturated carbocycles. The van der Waals surface area contributed by atoms with Crippen LogP contribution < -0.4 is 5.73 Å². The van der Waals surface area contributed by atoms with Gasteiger partial charge >= 0.3 is 0 Å². The number of nitrogens with two attached hydrogens (primary N) is 1. The van der Waals surface area contributed by atoms with Gasteiger partial charge in [0.05, 0.1) is 16.6 Å². The van der Waals surface area contributed by atoms with E-state index in [9.17, 15) is 10.1 Å². The molecule has 0 aromatic heterocycles. The van der Waals surface area contributed by atoms with Gasteiger partial charge in [-0.2, -0.15) is 5.26 Å². The van der Waals surface area contributed by atoms with Gasteiger partial charge in [-0.25, -0.2) is 0 Å². The Hall–Kier alpha value is -1.93. The van der Waals surface area contributed by atoms with Crippen molar-refractivity contribution in [1.82, 2.24) is 0 Å². The van der Waals surface area contributed by atoms with E-state index in [1.54, 1.807) is 0 Å². The van der Waals surface area contributed by atoms with Crippen LogP contribution in [0.5, 0.6) is 0 Å². The largest absolute Gasteiger partial charge is 0.326 e. The molecule has 0 heterocycles. The Morgan fingerprint density at radius 1 is 1.62 bits per heavy atom. The molecule has 0 aliphatic carbocycles. The standard InChI is InChI=1S/C8H7N3O2/c9-4-6-1-2-7(5-10)8(3-6)11(12)13/h1-3H,5,10H2. The van der Waals surface area contributed by atoms with Crippen LogP contribution >= 0.6 is 0 Å². The van der Waals surface area contributed by atoms with Crippen molar-refractivity contribution in [3.05, 3.63) is 39.4 Å². The molecule has 0 atom stereocenters. The smallest absolute Gasteiger partial charge is 0.275 e. The number of nitriles is 1. The molecular weight excluding hydrogens is 170 g/mol. The van der Waals surface area contributed by atoms with Crippen molar-refractivity contribution in [3.63, 3.8) is 0 Å². The lowest BCUT2D eigenvalue weighted by Crippen LogP contribution is -2.01. The number of nitro groups is 1. The first-order chi connectivity index (χ1) is 6.19. The maximum atomic E-state index is 10.5. The minimum Gasteiger partial charge on any atom is -0.326 e. The van der Waals surface area contributed by atoms with Gasteiger partial charge in [0.15, 0.2) is 0 Å². The summed E-state index contributed by atoms with van der Waals surface area (Å²) >= 11 is 0. The fourth-order valence-electron chi connectivity index (χ4n) is 0.976. The van der Waals surface area contributed by atoms with E-state index in [0.29, 0.717) is 5.56 Å². The Balaban J connectivity index is 3.28. The highest BCUT2D eigenvalue weighted by molar-refractivity contribution is 5.47. The van der Waals surface area contributed by atoms with Crippen LogP contribution in [0.25, 0.3) is 0 Å². The molecule has 13 heavy (non-hydrogen) atoms. The normalized spacial score (nSPS) is 9.23. The van der Waals surface area contributed by atoms with Crippen molar-refractivity contribution >= 4 is 5.69 Å². The summed E-state index contributed by atoms with van der Waals surface area (Å²) in [4.78, 5) is 9.95. The Morgan fingerprint density at radius 2 is 2.31 bits per heavy atom. The highest BCUT2D eigenvalue weighted by Gasteiger charge is 2.12. The number of nitrogens with zero attached hydrogens (tertiary/aromatic N) is 2. The fraction of sp³-hybridized carbons (Fsp3) is 0.125. The van der Waals surface area contributed by atoms with Gasteiger partial charge in [-0.3, -0.25) is 10.1 Å². The summed E-state index contributed by atoms with van der Waals surface area (Å²) in [7, 11) is 0. The molecular formula is C8H7N3O2. The van der Waals surface area contributed by atoms with Gasteiger partial charge in [0, 0.05) is 18.2 Å². The van der Waals surface area contributed by atoms with Crippen LogP contribution in [-0.4, -0.2) is 4.92 Å². The van der Waals surface area contributed by atoms with Crippen molar-refractivity contribution in [2.24, 2.45) is 5.73 Å². The lowest BCUT2D eigenvalue weighted by molar-refractivity contribution is -0.385. The lowest BCUT2D eigenvalue weighted by atomic mass is 10.1. The Morgan fingerprint density at radius 3 is 2.77 bits per heavy atom. The number of hydrogen-bond donors (Lipinski definition) is 1. The first-order valence-corrected chi connectivity index (χ1v) is 3.56. The van der Waals surface area contributed by atoms with E-state index >= 15 is 0 Å². The Bertz CT molecular complexity index is 381. The third-order valence-electron chi connectivity index (χ3n) is 1.63. The van der Waals surface area contributed by atoms with Crippen molar-refractivity contribution in [1.29, 1.82) is 5.26 Å². The second-order valence-corrected chi connectivity index (χ2v) is 2.42. The summed E-state index contributed by atoms with van der Waals surface area (Å²) in [5, 5.41) is 19.0. The predicted molar refractivity (Wildman–Crippen MR) is 45.7 cm³/mol. The monoisotopic (exact) mass is 177 g/mol. The van der Waals surface area contributed by atoms with Crippen molar-refractivity contribution in [2.75, 3.05) is 0 Å². The molecule has 0 aliphatic rings. The molecule has 0 radical (unpaired) electrons. The van der Waals surface area contributed by atoms with Crippen molar-refractivity contribution in [2.45, 2.75) is 6.54 Å². The second kappa shape index (κ2) is 3.65. The summed E-state index contributed by atoms with van der Waals surface area (Å²) in [6.07, 6.45) is 0. The van der Waals surface area contributed by atoms with E-state index in [0.717, 1.165) is 0 Å². The zero-order valence-corrected chi connectivity index (χ0v) is 6.73. The van der Waals surface area contributed by atoms with Gasteiger partial charge in [-0.15, -0.1) is 0 Å². The van der Waals surface area contributed by atoms with Gasteiger partial charge in [0.2, 0.25) is 0 Å². The van der Waals surface area contributed by atoms with Crippen LogP contribution in [0, 0.1) is 21.4 Å². The highest BCUT2D eigenvalue weighted by Crippen LogP contribution is 2.19. The molecule has 1 aromatic rings. The molecule has 0 fully saturated rings. The Kier molecular flexibility index (Phi) is 2.57. The van der Waals surface area contributed by atoms with E-state index < -0.39 is 4.92 Å².